The Labute approximate surface area is 196 Å². The van der Waals surface area contributed by atoms with Gasteiger partial charge < -0.3 is 29.8 Å². The molecule has 178 valence electrons. The van der Waals surface area contributed by atoms with Crippen LogP contribution < -0.4 is 10.6 Å². The van der Waals surface area contributed by atoms with Crippen molar-refractivity contribution in [3.63, 3.8) is 0 Å². The standard InChI is InChI=1S/C25H27FN4O4/c1-32-24-17(26)6-4-7-18(24)29-23-21-19-13-15(28-25(21)31)5-2-3-10-33-11-12-34-20-14-27-9-8-16(20)22(23)30-19/h6,14-15,29-30H,2-3,5,8-13H2,1H3,(H,28,31). The van der Waals surface area contributed by atoms with Gasteiger partial charge in [-0.15, -0.1) is 0 Å². The molecule has 3 aliphatic heterocycles. The molecule has 0 saturated carbocycles. The fourth-order valence-electron chi connectivity index (χ4n) is 4.67. The zero-order valence-corrected chi connectivity index (χ0v) is 19.1. The Morgan fingerprint density at radius 3 is 3.09 bits per heavy atom. The number of amides is 1. The van der Waals surface area contributed by atoms with E-state index >= 15 is 0 Å². The molecule has 5 rings (SSSR count). The Morgan fingerprint density at radius 1 is 1.29 bits per heavy atom. The van der Waals surface area contributed by atoms with Gasteiger partial charge in [-0.25, -0.2) is 4.39 Å². The Morgan fingerprint density at radius 2 is 2.21 bits per heavy atom. The van der Waals surface area contributed by atoms with Crippen molar-refractivity contribution in [2.24, 2.45) is 4.99 Å². The highest BCUT2D eigenvalue weighted by molar-refractivity contribution is 6.06. The molecule has 0 radical (unpaired) electrons. The van der Waals surface area contributed by atoms with Crippen molar-refractivity contribution < 1.29 is 23.4 Å². The minimum Gasteiger partial charge on any atom is -0.491 e. The van der Waals surface area contributed by atoms with Crippen LogP contribution in [0.15, 0.2) is 45.6 Å². The predicted molar refractivity (Wildman–Crippen MR) is 125 cm³/mol. The van der Waals surface area contributed by atoms with Crippen LogP contribution in [-0.2, 0) is 20.6 Å². The third-order valence-corrected chi connectivity index (χ3v) is 6.26. The number of methoxy groups -OCH3 is 1. The van der Waals surface area contributed by atoms with E-state index in [4.69, 9.17) is 14.2 Å². The van der Waals surface area contributed by atoms with Gasteiger partial charge in [0.15, 0.2) is 11.6 Å². The fraction of sp³-hybridized carbons (Fsp3) is 0.440. The van der Waals surface area contributed by atoms with E-state index in [2.05, 4.69) is 32.1 Å². The van der Waals surface area contributed by atoms with Crippen molar-refractivity contribution in [2.75, 3.05) is 38.8 Å². The number of ether oxygens (including phenoxy) is 3. The second kappa shape index (κ2) is 9.77. The predicted octanol–water partition coefficient (Wildman–Crippen LogP) is 3.52. The summed E-state index contributed by atoms with van der Waals surface area (Å²) in [5, 5.41) is 6.35. The zero-order chi connectivity index (χ0) is 23.5. The van der Waals surface area contributed by atoms with Crippen molar-refractivity contribution in [2.45, 2.75) is 38.1 Å². The number of dihydropyridines is 1. The summed E-state index contributed by atoms with van der Waals surface area (Å²) in [5.74, 6) is -0.109. The Bertz CT molecular complexity index is 1200. The van der Waals surface area contributed by atoms with Crippen molar-refractivity contribution >= 4 is 23.4 Å². The van der Waals surface area contributed by atoms with Gasteiger partial charge in [0.05, 0.1) is 36.9 Å². The SMILES string of the molecule is COC1=C(F)C=C=C=C1Nc1c2[nH]c3c1C(=O)NC(CCCCOCCOC1=C2CCN=C1)C3. The van der Waals surface area contributed by atoms with Crippen LogP contribution in [0.1, 0.15) is 47.4 Å². The molecule has 34 heavy (non-hydrogen) atoms. The topological polar surface area (TPSA) is 97.0 Å². The molecular formula is C25H27FN4O4. The second-order valence-corrected chi connectivity index (χ2v) is 8.48. The van der Waals surface area contributed by atoms with Crippen LogP contribution in [0.5, 0.6) is 0 Å². The molecule has 9 heteroatoms. The molecule has 0 fully saturated rings. The number of nitrogens with one attached hydrogen (secondary N) is 3. The molecule has 1 atom stereocenters. The number of carbonyl (C=O) groups excluding carboxylic acids is 1. The molecule has 4 heterocycles. The highest BCUT2D eigenvalue weighted by Crippen LogP contribution is 2.38. The largest absolute Gasteiger partial charge is 0.491 e. The van der Waals surface area contributed by atoms with Crippen LogP contribution in [0.25, 0.3) is 5.57 Å². The molecule has 1 unspecified atom stereocenters. The van der Waals surface area contributed by atoms with Crippen LogP contribution in [0.3, 0.4) is 0 Å². The maximum absolute atomic E-state index is 14.4. The first-order chi connectivity index (χ1) is 16.7. The maximum Gasteiger partial charge on any atom is 0.255 e. The van der Waals surface area contributed by atoms with E-state index in [9.17, 15) is 9.18 Å². The van der Waals surface area contributed by atoms with E-state index < -0.39 is 5.83 Å². The number of allylic oxidation sites excluding steroid dienone is 3. The summed E-state index contributed by atoms with van der Waals surface area (Å²) in [6, 6.07) is 0.0331. The summed E-state index contributed by atoms with van der Waals surface area (Å²) in [4.78, 5) is 21.2. The number of fused-ring (bicyclic) bond motifs is 3. The lowest BCUT2D eigenvalue weighted by molar-refractivity contribution is 0.0780. The van der Waals surface area contributed by atoms with Crippen molar-refractivity contribution in [3.8, 4) is 0 Å². The van der Waals surface area contributed by atoms with Gasteiger partial charge in [0.1, 0.15) is 18.1 Å². The number of nitrogens with zero attached hydrogens (tertiary/aromatic N) is 1. The van der Waals surface area contributed by atoms with Gasteiger partial charge in [-0.2, -0.15) is 0 Å². The molecule has 3 bridgehead atoms. The molecule has 3 N–H and O–H groups in total. The Balaban J connectivity index is 1.63. The first-order valence-electron chi connectivity index (χ1n) is 11.6. The monoisotopic (exact) mass is 466 g/mol. The van der Waals surface area contributed by atoms with E-state index in [0.717, 1.165) is 42.3 Å². The summed E-state index contributed by atoms with van der Waals surface area (Å²) in [7, 11) is 1.39. The number of halogens is 1. The lowest BCUT2D eigenvalue weighted by Gasteiger charge is -2.24. The van der Waals surface area contributed by atoms with E-state index in [0.29, 0.717) is 56.2 Å². The fourth-order valence-corrected chi connectivity index (χ4v) is 4.67. The number of carbonyl (C=O) groups is 1. The molecule has 1 aromatic rings. The van der Waals surface area contributed by atoms with Crippen LogP contribution in [0, 0.1) is 0 Å². The van der Waals surface area contributed by atoms with Crippen LogP contribution in [-0.4, -0.2) is 56.6 Å². The van der Waals surface area contributed by atoms with Gasteiger partial charge in [0.25, 0.3) is 5.91 Å². The van der Waals surface area contributed by atoms with Gasteiger partial charge in [-0.1, -0.05) is 5.73 Å². The number of aromatic amines is 1. The lowest BCUT2D eigenvalue weighted by Crippen LogP contribution is -2.41. The molecule has 8 nitrogen and oxygen atoms in total. The third kappa shape index (κ3) is 4.33. The molecular weight excluding hydrogens is 439 g/mol. The van der Waals surface area contributed by atoms with Crippen molar-refractivity contribution in [3.05, 3.63) is 57.5 Å². The summed E-state index contributed by atoms with van der Waals surface area (Å²) < 4.78 is 31.3. The minimum atomic E-state index is -0.568. The number of rotatable bonds is 3. The van der Waals surface area contributed by atoms with Crippen molar-refractivity contribution in [1.82, 2.24) is 10.3 Å². The number of anilines is 1. The first kappa shape index (κ1) is 22.3. The number of aromatic nitrogens is 1. The van der Waals surface area contributed by atoms with Gasteiger partial charge in [-0.3, -0.25) is 9.79 Å². The van der Waals surface area contributed by atoms with Gasteiger partial charge >= 0.3 is 0 Å². The van der Waals surface area contributed by atoms with Gasteiger partial charge in [0.2, 0.25) is 0 Å². The third-order valence-electron chi connectivity index (χ3n) is 6.26. The van der Waals surface area contributed by atoms with E-state index in [-0.39, 0.29) is 23.4 Å². The first-order valence-corrected chi connectivity index (χ1v) is 11.6. The summed E-state index contributed by atoms with van der Waals surface area (Å²) in [6.45, 7) is 2.15. The molecule has 1 aromatic heterocycles. The lowest BCUT2D eigenvalue weighted by atomic mass is 9.96. The van der Waals surface area contributed by atoms with E-state index in [1.54, 1.807) is 6.21 Å². The second-order valence-electron chi connectivity index (χ2n) is 8.48. The van der Waals surface area contributed by atoms with E-state index in [1.165, 1.54) is 7.11 Å². The quantitative estimate of drug-likeness (QED) is 0.593. The molecule has 0 aromatic carbocycles. The van der Waals surface area contributed by atoms with Crippen molar-refractivity contribution in [1.29, 1.82) is 0 Å². The van der Waals surface area contributed by atoms with Crippen LogP contribution in [0.2, 0.25) is 0 Å². The molecule has 1 amide bonds. The minimum absolute atomic E-state index is 0.00342. The normalized spacial score (nSPS) is 22.5. The smallest absolute Gasteiger partial charge is 0.255 e. The summed E-state index contributed by atoms with van der Waals surface area (Å²) in [5.41, 5.74) is 9.29. The average molecular weight is 467 g/mol. The van der Waals surface area contributed by atoms with Crippen LogP contribution >= 0.6 is 0 Å². The van der Waals surface area contributed by atoms with E-state index in [1.807, 2.05) is 0 Å². The Kier molecular flexibility index (Phi) is 6.41. The highest BCUT2D eigenvalue weighted by Gasteiger charge is 2.33. The zero-order valence-electron chi connectivity index (χ0n) is 19.1. The summed E-state index contributed by atoms with van der Waals surface area (Å²) >= 11 is 0. The Hall–Kier alpha value is -3.51. The van der Waals surface area contributed by atoms with Gasteiger partial charge in [-0.05, 0) is 31.4 Å². The molecule has 1 aliphatic carbocycles. The molecule has 4 aliphatic rings. The number of hydrogen-bond acceptors (Lipinski definition) is 6. The number of hydrogen-bond donors (Lipinski definition) is 3. The van der Waals surface area contributed by atoms with Gasteiger partial charge in [0, 0.05) is 43.0 Å². The molecule has 0 saturated heterocycles. The maximum atomic E-state index is 14.4. The summed E-state index contributed by atoms with van der Waals surface area (Å²) in [6.07, 6.45) is 6.91. The number of H-pyrrole nitrogens is 1. The van der Waals surface area contributed by atoms with Crippen LogP contribution in [0.4, 0.5) is 10.1 Å². The number of aliphatic imine (C=N–C) groups is 1. The average Bonchev–Trinajstić information content (AvgIpc) is 3.19. The molecule has 0 spiro atoms. The highest BCUT2D eigenvalue weighted by atomic mass is 19.1.